The molecule has 3 rings (SSSR count). The number of benzene rings is 2. The van der Waals surface area contributed by atoms with E-state index in [-0.39, 0.29) is 22.8 Å². The number of fused-ring (bicyclic) bond motifs is 1. The molecule has 0 fully saturated rings. The average Bonchev–Trinajstić information content (AvgIpc) is 2.47. The van der Waals surface area contributed by atoms with E-state index in [4.69, 9.17) is 0 Å². The maximum atomic E-state index is 12.3. The fourth-order valence-corrected chi connectivity index (χ4v) is 2.69. The number of halogens is 2. The van der Waals surface area contributed by atoms with Crippen molar-refractivity contribution in [3.8, 4) is 0 Å². The van der Waals surface area contributed by atoms with Crippen molar-refractivity contribution >= 4 is 49.6 Å². The highest BCUT2D eigenvalue weighted by Gasteiger charge is 2.10. The second-order valence-corrected chi connectivity index (χ2v) is 5.47. The molecule has 0 saturated carbocycles. The lowest BCUT2D eigenvalue weighted by atomic mass is 10.0. The molecule has 0 unspecified atom stereocenters. The summed E-state index contributed by atoms with van der Waals surface area (Å²) in [4.78, 5) is 16.7. The molecule has 2 nitrogen and oxygen atoms in total. The number of aromatic nitrogens is 1. The first-order chi connectivity index (χ1) is 9.74. The predicted octanol–water partition coefficient (Wildman–Crippen LogP) is 5.00. The lowest BCUT2D eigenvalue weighted by Crippen LogP contribution is -2.04. The zero-order valence-corrected chi connectivity index (χ0v) is 14.4. The molecule has 0 atom stereocenters. The number of nitrogens with zero attached hydrogens (tertiary/aromatic N) is 1. The second-order valence-electron chi connectivity index (χ2n) is 4.62. The summed E-state index contributed by atoms with van der Waals surface area (Å²) in [6.07, 6.45) is 2.14. The van der Waals surface area contributed by atoms with Gasteiger partial charge in [-0.25, -0.2) is 0 Å². The van der Waals surface area contributed by atoms with Crippen LogP contribution in [-0.2, 0) is 6.42 Å². The number of Topliss-reactive ketones (excluding diaryl/α,β-unsaturated/α-hetero) is 1. The molecule has 0 radical (unpaired) electrons. The number of hydrogen-bond donors (Lipinski definition) is 0. The van der Waals surface area contributed by atoms with Crippen LogP contribution in [0.3, 0.4) is 0 Å². The SMILES string of the molecule is Br.O=C(Cc1cnc2ccccc2c1)c1ccccc1Br. The van der Waals surface area contributed by atoms with E-state index < -0.39 is 0 Å². The standard InChI is InChI=1S/C17H12BrNO.BrH/c18-15-7-3-2-6-14(15)17(20)10-12-9-13-5-1-4-8-16(13)19-11-12;/h1-9,11H,10H2;1H. The van der Waals surface area contributed by atoms with Crippen LogP contribution >= 0.6 is 32.9 Å². The Balaban J connectivity index is 0.00000161. The van der Waals surface area contributed by atoms with Gasteiger partial charge in [0.2, 0.25) is 0 Å². The Kier molecular flexibility index (Phi) is 5.26. The minimum Gasteiger partial charge on any atom is -0.294 e. The second kappa shape index (κ2) is 6.96. The van der Waals surface area contributed by atoms with E-state index in [1.807, 2.05) is 54.6 Å². The molecule has 0 amide bonds. The summed E-state index contributed by atoms with van der Waals surface area (Å²) < 4.78 is 0.832. The van der Waals surface area contributed by atoms with Crippen molar-refractivity contribution in [2.24, 2.45) is 0 Å². The van der Waals surface area contributed by atoms with Gasteiger partial charge in [0.1, 0.15) is 0 Å². The molecule has 0 bridgehead atoms. The Morgan fingerprint density at radius 3 is 2.57 bits per heavy atom. The average molecular weight is 407 g/mol. The molecule has 0 aliphatic heterocycles. The van der Waals surface area contributed by atoms with Gasteiger partial charge in [-0.15, -0.1) is 17.0 Å². The summed E-state index contributed by atoms with van der Waals surface area (Å²) >= 11 is 3.41. The van der Waals surface area contributed by atoms with Crippen LogP contribution in [0.1, 0.15) is 15.9 Å². The molecule has 0 aliphatic carbocycles. The zero-order valence-electron chi connectivity index (χ0n) is 11.1. The van der Waals surface area contributed by atoms with Gasteiger partial charge >= 0.3 is 0 Å². The summed E-state index contributed by atoms with van der Waals surface area (Å²) in [5.41, 5.74) is 2.59. The molecule has 2 aromatic carbocycles. The van der Waals surface area contributed by atoms with E-state index in [1.165, 1.54) is 0 Å². The summed E-state index contributed by atoms with van der Waals surface area (Å²) in [7, 11) is 0. The largest absolute Gasteiger partial charge is 0.294 e. The number of carbonyl (C=O) groups is 1. The van der Waals surface area contributed by atoms with Gasteiger partial charge in [-0.1, -0.05) is 52.3 Å². The van der Waals surface area contributed by atoms with Gasteiger partial charge in [-0.3, -0.25) is 9.78 Å². The molecule has 3 aromatic rings. The van der Waals surface area contributed by atoms with Crippen LogP contribution in [0.15, 0.2) is 65.3 Å². The van der Waals surface area contributed by atoms with Crippen LogP contribution in [0, 0.1) is 0 Å². The Morgan fingerprint density at radius 2 is 1.76 bits per heavy atom. The third kappa shape index (κ3) is 3.57. The third-order valence-electron chi connectivity index (χ3n) is 3.19. The third-order valence-corrected chi connectivity index (χ3v) is 3.88. The van der Waals surface area contributed by atoms with Crippen molar-refractivity contribution in [2.45, 2.75) is 6.42 Å². The van der Waals surface area contributed by atoms with Crippen LogP contribution in [0.5, 0.6) is 0 Å². The van der Waals surface area contributed by atoms with Crippen molar-refractivity contribution in [2.75, 3.05) is 0 Å². The van der Waals surface area contributed by atoms with Gasteiger partial charge in [0.05, 0.1) is 5.52 Å². The molecule has 0 N–H and O–H groups in total. The highest BCUT2D eigenvalue weighted by molar-refractivity contribution is 9.10. The number of rotatable bonds is 3. The molecule has 21 heavy (non-hydrogen) atoms. The van der Waals surface area contributed by atoms with E-state index in [1.54, 1.807) is 6.20 Å². The Labute approximate surface area is 142 Å². The van der Waals surface area contributed by atoms with Gasteiger partial charge in [-0.05, 0) is 23.8 Å². The normalized spacial score (nSPS) is 10.1. The van der Waals surface area contributed by atoms with Gasteiger partial charge in [0.25, 0.3) is 0 Å². The van der Waals surface area contributed by atoms with Crippen molar-refractivity contribution in [1.29, 1.82) is 0 Å². The maximum Gasteiger partial charge on any atom is 0.168 e. The van der Waals surface area contributed by atoms with Crippen LogP contribution < -0.4 is 0 Å². The smallest absolute Gasteiger partial charge is 0.168 e. The van der Waals surface area contributed by atoms with E-state index in [0.717, 1.165) is 20.9 Å². The van der Waals surface area contributed by atoms with E-state index in [9.17, 15) is 4.79 Å². The van der Waals surface area contributed by atoms with E-state index in [0.29, 0.717) is 12.0 Å². The lowest BCUT2D eigenvalue weighted by Gasteiger charge is -2.05. The minimum absolute atomic E-state index is 0. The lowest BCUT2D eigenvalue weighted by molar-refractivity contribution is 0.0992. The fraction of sp³-hybridized carbons (Fsp3) is 0.0588. The first kappa shape index (κ1) is 15.9. The van der Waals surface area contributed by atoms with Crippen molar-refractivity contribution in [3.63, 3.8) is 0 Å². The molecule has 1 aromatic heterocycles. The number of para-hydroxylation sites is 1. The molecule has 4 heteroatoms. The van der Waals surface area contributed by atoms with Crippen LogP contribution in [0.25, 0.3) is 10.9 Å². The highest BCUT2D eigenvalue weighted by Crippen LogP contribution is 2.19. The molecule has 0 saturated heterocycles. The van der Waals surface area contributed by atoms with Crippen LogP contribution in [0.4, 0.5) is 0 Å². The molecular weight excluding hydrogens is 394 g/mol. The number of carbonyl (C=O) groups excluding carboxylic acids is 1. The Hall–Kier alpha value is -1.52. The summed E-state index contributed by atoms with van der Waals surface area (Å²) in [5.74, 6) is 0.0922. The van der Waals surface area contributed by atoms with E-state index in [2.05, 4.69) is 20.9 Å². The van der Waals surface area contributed by atoms with Crippen molar-refractivity contribution < 1.29 is 4.79 Å². The summed E-state index contributed by atoms with van der Waals surface area (Å²) in [6.45, 7) is 0. The molecule has 106 valence electrons. The number of pyridine rings is 1. The number of hydrogen-bond acceptors (Lipinski definition) is 2. The van der Waals surface area contributed by atoms with Crippen molar-refractivity contribution in [1.82, 2.24) is 4.98 Å². The van der Waals surface area contributed by atoms with E-state index >= 15 is 0 Å². The molecular formula is C17H13Br2NO. The topological polar surface area (TPSA) is 30.0 Å². The Morgan fingerprint density at radius 1 is 1.05 bits per heavy atom. The minimum atomic E-state index is 0. The van der Waals surface area contributed by atoms with Gasteiger partial charge < -0.3 is 0 Å². The van der Waals surface area contributed by atoms with Gasteiger partial charge in [0.15, 0.2) is 5.78 Å². The first-order valence-corrected chi connectivity index (χ1v) is 7.15. The molecule has 0 spiro atoms. The van der Waals surface area contributed by atoms with Crippen LogP contribution in [-0.4, -0.2) is 10.8 Å². The maximum absolute atomic E-state index is 12.3. The van der Waals surface area contributed by atoms with Crippen LogP contribution in [0.2, 0.25) is 0 Å². The highest BCUT2D eigenvalue weighted by atomic mass is 79.9. The zero-order chi connectivity index (χ0) is 13.9. The van der Waals surface area contributed by atoms with Gasteiger partial charge in [0, 0.05) is 28.0 Å². The quantitative estimate of drug-likeness (QED) is 0.572. The molecule has 1 heterocycles. The van der Waals surface area contributed by atoms with Crippen molar-refractivity contribution in [3.05, 3.63) is 76.4 Å². The fourth-order valence-electron chi connectivity index (χ4n) is 2.18. The predicted molar refractivity (Wildman–Crippen MR) is 94.2 cm³/mol. The Bertz CT molecular complexity index is 786. The first-order valence-electron chi connectivity index (χ1n) is 6.35. The summed E-state index contributed by atoms with van der Waals surface area (Å²) in [5, 5.41) is 1.06. The summed E-state index contributed by atoms with van der Waals surface area (Å²) in [6, 6.07) is 17.4. The van der Waals surface area contributed by atoms with Gasteiger partial charge in [-0.2, -0.15) is 0 Å². The number of ketones is 1. The monoisotopic (exact) mass is 405 g/mol. The molecule has 0 aliphatic rings.